The monoisotopic (exact) mass is 306 g/mol. The summed E-state index contributed by atoms with van der Waals surface area (Å²) in [5.41, 5.74) is 0. The van der Waals surface area contributed by atoms with Gasteiger partial charge in [-0.25, -0.2) is 13.1 Å². The van der Waals surface area contributed by atoms with Gasteiger partial charge in [-0.1, -0.05) is 20.8 Å². The molecule has 6 nitrogen and oxygen atoms in total. The Morgan fingerprint density at radius 3 is 2.50 bits per heavy atom. The fourth-order valence-electron chi connectivity index (χ4n) is 2.48. The fraction of sp³-hybridized carbons (Fsp3) is 0.923. The van der Waals surface area contributed by atoms with Crippen molar-refractivity contribution in [3.63, 3.8) is 0 Å². The molecule has 0 aromatic heterocycles. The van der Waals surface area contributed by atoms with Crippen molar-refractivity contribution in [2.45, 2.75) is 45.8 Å². The second-order valence-electron chi connectivity index (χ2n) is 6.19. The maximum atomic E-state index is 12.5. The molecule has 1 amide bonds. The molecule has 0 aliphatic carbocycles. The number of sulfonamides is 1. The van der Waals surface area contributed by atoms with E-state index in [4.69, 9.17) is 0 Å². The van der Waals surface area contributed by atoms with Gasteiger partial charge >= 0.3 is 0 Å². The summed E-state index contributed by atoms with van der Waals surface area (Å²) < 4.78 is 25.2. The van der Waals surface area contributed by atoms with Crippen molar-refractivity contribution in [1.82, 2.24) is 9.62 Å². The molecular weight excluding hydrogens is 280 g/mol. The predicted octanol–water partition coefficient (Wildman–Crippen LogP) is 0.180. The van der Waals surface area contributed by atoms with Crippen LogP contribution in [0.4, 0.5) is 0 Å². The minimum Gasteiger partial charge on any atom is -0.393 e. The molecule has 0 aromatic carbocycles. The Bertz CT molecular complexity index is 436. The Hall–Kier alpha value is -0.660. The van der Waals surface area contributed by atoms with Crippen molar-refractivity contribution in [3.05, 3.63) is 0 Å². The summed E-state index contributed by atoms with van der Waals surface area (Å²) in [4.78, 5) is 14.1. The zero-order valence-corrected chi connectivity index (χ0v) is 13.5. The van der Waals surface area contributed by atoms with Crippen LogP contribution in [0.5, 0.6) is 0 Å². The smallest absolute Gasteiger partial charge is 0.240 e. The molecule has 1 saturated heterocycles. The van der Waals surface area contributed by atoms with Gasteiger partial charge in [-0.05, 0) is 24.7 Å². The highest BCUT2D eigenvalue weighted by atomic mass is 32.2. The number of rotatable bonds is 5. The van der Waals surface area contributed by atoms with E-state index in [1.807, 2.05) is 20.8 Å². The molecule has 3 unspecified atom stereocenters. The third-order valence-electron chi connectivity index (χ3n) is 3.53. The molecule has 1 heterocycles. The summed E-state index contributed by atoms with van der Waals surface area (Å²) in [6.07, 6.45) is 1.70. The Morgan fingerprint density at radius 1 is 1.45 bits per heavy atom. The lowest BCUT2D eigenvalue weighted by molar-refractivity contribution is -0.136. The van der Waals surface area contributed by atoms with E-state index in [0.29, 0.717) is 25.9 Å². The normalized spacial score (nSPS) is 25.8. The van der Waals surface area contributed by atoms with Crippen LogP contribution < -0.4 is 4.72 Å². The van der Waals surface area contributed by atoms with Crippen molar-refractivity contribution >= 4 is 15.9 Å². The maximum absolute atomic E-state index is 12.5. The van der Waals surface area contributed by atoms with Gasteiger partial charge in [0, 0.05) is 13.1 Å². The summed E-state index contributed by atoms with van der Waals surface area (Å²) in [6, 6.07) is -0.715. The number of carbonyl (C=O) groups excluding carboxylic acids is 1. The standard InChI is InChI=1S/C13H26N2O4S/c1-9(2)7-11(14-20(4,18)19)13(17)15-6-5-12(16)10(3)8-15/h9-12,14,16H,5-8H2,1-4H3. The summed E-state index contributed by atoms with van der Waals surface area (Å²) in [7, 11) is -3.42. The van der Waals surface area contributed by atoms with E-state index in [-0.39, 0.29) is 23.8 Å². The highest BCUT2D eigenvalue weighted by Gasteiger charge is 2.32. The maximum Gasteiger partial charge on any atom is 0.240 e. The van der Waals surface area contributed by atoms with E-state index in [1.54, 1.807) is 4.90 Å². The number of nitrogens with zero attached hydrogens (tertiary/aromatic N) is 1. The zero-order chi connectivity index (χ0) is 15.5. The van der Waals surface area contributed by atoms with E-state index in [1.165, 1.54) is 0 Å². The molecule has 2 N–H and O–H groups in total. The van der Waals surface area contributed by atoms with Crippen LogP contribution in [0.15, 0.2) is 0 Å². The van der Waals surface area contributed by atoms with Gasteiger partial charge in [-0.15, -0.1) is 0 Å². The molecule has 0 spiro atoms. The second-order valence-corrected chi connectivity index (χ2v) is 7.97. The van der Waals surface area contributed by atoms with Gasteiger partial charge in [0.05, 0.1) is 12.4 Å². The van der Waals surface area contributed by atoms with Crippen LogP contribution in [-0.2, 0) is 14.8 Å². The number of aliphatic hydroxyl groups excluding tert-OH is 1. The first-order valence-corrected chi connectivity index (χ1v) is 8.93. The first kappa shape index (κ1) is 17.4. The van der Waals surface area contributed by atoms with Gasteiger partial charge in [-0.3, -0.25) is 4.79 Å². The van der Waals surface area contributed by atoms with Gasteiger partial charge in [0.25, 0.3) is 0 Å². The lowest BCUT2D eigenvalue weighted by atomic mass is 9.95. The van der Waals surface area contributed by atoms with Gasteiger partial charge in [0.1, 0.15) is 6.04 Å². The van der Waals surface area contributed by atoms with Gasteiger partial charge in [0.15, 0.2) is 0 Å². The van der Waals surface area contributed by atoms with Crippen LogP contribution in [0.2, 0.25) is 0 Å². The zero-order valence-electron chi connectivity index (χ0n) is 12.7. The quantitative estimate of drug-likeness (QED) is 0.758. The Morgan fingerprint density at radius 2 is 2.05 bits per heavy atom. The Balaban J connectivity index is 2.77. The van der Waals surface area contributed by atoms with E-state index in [0.717, 1.165) is 6.26 Å². The lowest BCUT2D eigenvalue weighted by Gasteiger charge is -2.36. The molecule has 118 valence electrons. The van der Waals surface area contributed by atoms with Crippen molar-refractivity contribution in [2.24, 2.45) is 11.8 Å². The number of carbonyl (C=O) groups is 1. The predicted molar refractivity (Wildman–Crippen MR) is 77.6 cm³/mol. The molecular formula is C13H26N2O4S. The number of nitrogens with one attached hydrogen (secondary N) is 1. The molecule has 1 fully saturated rings. The number of piperidine rings is 1. The molecule has 0 radical (unpaired) electrons. The van der Waals surface area contributed by atoms with Crippen LogP contribution in [0.1, 0.15) is 33.6 Å². The highest BCUT2D eigenvalue weighted by Crippen LogP contribution is 2.19. The summed E-state index contributed by atoms with van der Waals surface area (Å²) in [5.74, 6) is 0.0412. The molecule has 20 heavy (non-hydrogen) atoms. The first-order valence-electron chi connectivity index (χ1n) is 7.04. The molecule has 7 heteroatoms. The van der Waals surface area contributed by atoms with Crippen LogP contribution in [0.3, 0.4) is 0 Å². The topological polar surface area (TPSA) is 86.7 Å². The van der Waals surface area contributed by atoms with E-state index in [2.05, 4.69) is 4.72 Å². The van der Waals surface area contributed by atoms with Crippen molar-refractivity contribution in [1.29, 1.82) is 0 Å². The molecule has 1 rings (SSSR count). The molecule has 1 aliphatic rings. The average Bonchev–Trinajstić information content (AvgIpc) is 2.28. The fourth-order valence-corrected chi connectivity index (χ4v) is 3.20. The van der Waals surface area contributed by atoms with Gasteiger partial charge in [-0.2, -0.15) is 0 Å². The number of hydrogen-bond donors (Lipinski definition) is 2. The SMILES string of the molecule is CC(C)CC(NS(C)(=O)=O)C(=O)N1CCC(O)C(C)C1. The molecule has 0 aromatic rings. The largest absolute Gasteiger partial charge is 0.393 e. The third-order valence-corrected chi connectivity index (χ3v) is 4.25. The highest BCUT2D eigenvalue weighted by molar-refractivity contribution is 7.88. The van der Waals surface area contributed by atoms with E-state index >= 15 is 0 Å². The van der Waals surface area contributed by atoms with Crippen LogP contribution in [-0.4, -0.2) is 55.8 Å². The van der Waals surface area contributed by atoms with Crippen LogP contribution in [0.25, 0.3) is 0 Å². The molecule has 1 aliphatic heterocycles. The second kappa shape index (κ2) is 6.87. The molecule has 0 bridgehead atoms. The average molecular weight is 306 g/mol. The number of hydrogen-bond acceptors (Lipinski definition) is 4. The van der Waals surface area contributed by atoms with Crippen LogP contribution in [0, 0.1) is 11.8 Å². The summed E-state index contributed by atoms with van der Waals surface area (Å²) >= 11 is 0. The number of amides is 1. The number of likely N-dealkylation sites (tertiary alicyclic amines) is 1. The minimum absolute atomic E-state index is 0.0191. The van der Waals surface area contributed by atoms with E-state index in [9.17, 15) is 18.3 Å². The van der Waals surface area contributed by atoms with Crippen LogP contribution >= 0.6 is 0 Å². The van der Waals surface area contributed by atoms with E-state index < -0.39 is 16.1 Å². The minimum atomic E-state index is -3.42. The molecule has 3 atom stereocenters. The van der Waals surface area contributed by atoms with Gasteiger partial charge in [0.2, 0.25) is 15.9 Å². The molecule has 0 saturated carbocycles. The first-order chi connectivity index (χ1) is 9.10. The van der Waals surface area contributed by atoms with Crippen molar-refractivity contribution in [2.75, 3.05) is 19.3 Å². The van der Waals surface area contributed by atoms with Gasteiger partial charge < -0.3 is 10.0 Å². The lowest BCUT2D eigenvalue weighted by Crippen LogP contribution is -2.53. The summed E-state index contributed by atoms with van der Waals surface area (Å²) in [6.45, 7) is 6.75. The Kier molecular flexibility index (Phi) is 5.97. The van der Waals surface area contributed by atoms with Crippen molar-refractivity contribution in [3.8, 4) is 0 Å². The third kappa shape index (κ3) is 5.38. The summed E-state index contributed by atoms with van der Waals surface area (Å²) in [5, 5.41) is 9.70. The van der Waals surface area contributed by atoms with Crippen molar-refractivity contribution < 1.29 is 18.3 Å². The number of aliphatic hydroxyl groups is 1. The Labute approximate surface area is 121 Å².